The normalized spacial score (nSPS) is 10.6. The van der Waals surface area contributed by atoms with Crippen LogP contribution >= 0.6 is 0 Å². The van der Waals surface area contributed by atoms with Crippen LogP contribution < -0.4 is 32.2 Å². The number of fused-ring (bicyclic) bond motifs is 1. The number of unbranched alkanes of at least 4 members (excludes halogenated alkanes) is 3. The first-order chi connectivity index (χ1) is 21.5. The molecule has 0 aliphatic rings. The number of amidine groups is 2. The van der Waals surface area contributed by atoms with Crippen LogP contribution in [-0.2, 0) is 25.4 Å². The van der Waals surface area contributed by atoms with Gasteiger partial charge >= 0.3 is 5.69 Å². The maximum Gasteiger partial charge on any atom is 0.332 e. The van der Waals surface area contributed by atoms with Crippen LogP contribution in [0.2, 0.25) is 0 Å². The maximum atomic E-state index is 12.3. The third-order valence-electron chi connectivity index (χ3n) is 7.02. The number of nitrogens with two attached hydrogens (primary N) is 2. The number of nitrogen functional groups attached to an aromatic ring is 2. The fourth-order valence-corrected chi connectivity index (χ4v) is 4.46. The molecule has 0 atom stereocenters. The molecule has 0 spiro atoms. The molecule has 2 aromatic heterocycles. The first kappa shape index (κ1) is 34.3. The van der Waals surface area contributed by atoms with Crippen LogP contribution in [-0.4, -0.2) is 49.4 Å². The van der Waals surface area contributed by atoms with Crippen molar-refractivity contribution >= 4 is 28.6 Å². The van der Waals surface area contributed by atoms with Gasteiger partial charge in [0.15, 0.2) is 11.2 Å². The number of carbonyl (C=O) groups is 1. The lowest BCUT2D eigenvalue weighted by Gasteiger charge is -2.08. The van der Waals surface area contributed by atoms with Crippen LogP contribution in [0.4, 0.5) is 0 Å². The highest BCUT2D eigenvalue weighted by molar-refractivity contribution is 5.95. The first-order valence-corrected chi connectivity index (χ1v) is 14.7. The van der Waals surface area contributed by atoms with Crippen LogP contribution in [0, 0.1) is 10.8 Å². The average molecular weight is 619 g/mol. The lowest BCUT2D eigenvalue weighted by Crippen LogP contribution is -2.39. The van der Waals surface area contributed by atoms with Crippen LogP contribution in [0.5, 0.6) is 11.5 Å². The molecule has 0 aliphatic heterocycles. The highest BCUT2D eigenvalue weighted by Crippen LogP contribution is 2.14. The van der Waals surface area contributed by atoms with E-state index in [2.05, 4.69) is 4.98 Å². The second-order valence-electron chi connectivity index (χ2n) is 10.6. The lowest BCUT2D eigenvalue weighted by atomic mass is 10.2. The minimum Gasteiger partial charge on any atom is -0.494 e. The van der Waals surface area contributed by atoms with E-state index < -0.39 is 0 Å². The van der Waals surface area contributed by atoms with E-state index in [9.17, 15) is 14.4 Å². The monoisotopic (exact) mass is 618 g/mol. The van der Waals surface area contributed by atoms with Crippen molar-refractivity contribution in [1.82, 2.24) is 18.7 Å². The van der Waals surface area contributed by atoms with Crippen molar-refractivity contribution in [3.05, 3.63) is 86.8 Å². The molecule has 0 aliphatic carbocycles. The standard InChI is InChI=1S/C19H24N4O2.C13H18N4O3/c20-18(21)14-4-8-16(9-5-14)24-12-2-1-3-13-25-17-10-6-15(7-11-17)19(22)23;1-9(18)6-4-5-7-17-12(19)10-11(14-8-15(10)2)16(3)13(17)20/h4-11H,1-3,12-13H2,(H3,20,21)(H3,22,23);8H,4-7H2,1-3H3. The van der Waals surface area contributed by atoms with E-state index in [1.807, 2.05) is 24.3 Å². The number of nitrogens with one attached hydrogen (secondary N) is 2. The fourth-order valence-electron chi connectivity index (χ4n) is 4.46. The Labute approximate surface area is 261 Å². The molecule has 0 bridgehead atoms. The van der Waals surface area contributed by atoms with Gasteiger partial charge in [-0.3, -0.25) is 24.7 Å². The minimum absolute atomic E-state index is 0.0579. The second-order valence-corrected chi connectivity index (χ2v) is 10.6. The summed E-state index contributed by atoms with van der Waals surface area (Å²) in [6.07, 6.45) is 6.19. The van der Waals surface area contributed by atoms with Crippen LogP contribution in [0.1, 0.15) is 56.6 Å². The number of hydrogen-bond acceptors (Lipinski definition) is 8. The largest absolute Gasteiger partial charge is 0.494 e. The molecule has 13 heteroatoms. The molecule has 13 nitrogen and oxygen atoms in total. The molecular weight excluding hydrogens is 576 g/mol. The molecule has 45 heavy (non-hydrogen) atoms. The predicted molar refractivity (Wildman–Crippen MR) is 175 cm³/mol. The predicted octanol–water partition coefficient (Wildman–Crippen LogP) is 3.08. The number of ether oxygens (including phenoxy) is 2. The molecular formula is C32H42N8O5. The number of benzene rings is 2. The van der Waals surface area contributed by atoms with Crippen LogP contribution in [0.15, 0.2) is 64.4 Å². The summed E-state index contributed by atoms with van der Waals surface area (Å²) in [7, 11) is 3.32. The SMILES string of the molecule is CC(=O)CCCCn1c(=O)c2c(ncn2C)n(C)c1=O.N=C(N)c1ccc(OCCCCCOc2ccc(C(=N)N)cc2)cc1. The zero-order valence-electron chi connectivity index (χ0n) is 26.0. The molecule has 240 valence electrons. The number of nitrogens with zero attached hydrogens (tertiary/aromatic N) is 4. The van der Waals surface area contributed by atoms with E-state index in [0.29, 0.717) is 61.3 Å². The van der Waals surface area contributed by atoms with Gasteiger partial charge in [0.25, 0.3) is 5.56 Å². The Balaban J connectivity index is 0.000000251. The Bertz CT molecular complexity index is 1660. The summed E-state index contributed by atoms with van der Waals surface area (Å²) >= 11 is 0. The van der Waals surface area contributed by atoms with E-state index >= 15 is 0 Å². The highest BCUT2D eigenvalue weighted by atomic mass is 16.5. The van der Waals surface area contributed by atoms with Crippen molar-refractivity contribution in [3.8, 4) is 11.5 Å². The van der Waals surface area contributed by atoms with Crippen molar-refractivity contribution in [2.45, 2.75) is 52.0 Å². The summed E-state index contributed by atoms with van der Waals surface area (Å²) in [6, 6.07) is 14.4. The molecule has 0 saturated heterocycles. The van der Waals surface area contributed by atoms with Gasteiger partial charge in [-0.05, 0) is 87.6 Å². The first-order valence-electron chi connectivity index (χ1n) is 14.7. The van der Waals surface area contributed by atoms with E-state index in [1.54, 1.807) is 42.9 Å². The third kappa shape index (κ3) is 9.91. The molecule has 0 amide bonds. The quantitative estimate of drug-likeness (QED) is 0.0885. The number of aromatic nitrogens is 4. The Morgan fingerprint density at radius 1 is 0.800 bits per heavy atom. The number of imidazole rings is 1. The van der Waals surface area contributed by atoms with Gasteiger partial charge in [0.1, 0.15) is 29.0 Å². The molecule has 6 N–H and O–H groups in total. The maximum absolute atomic E-state index is 12.3. The minimum atomic E-state index is -0.371. The zero-order chi connectivity index (χ0) is 32.9. The Kier molecular flexibility index (Phi) is 12.6. The molecule has 0 saturated carbocycles. The molecule has 2 heterocycles. The zero-order valence-corrected chi connectivity index (χ0v) is 26.0. The molecule has 2 aromatic carbocycles. The number of Topliss-reactive ketones (excluding diaryl/α,β-unsaturated/α-hetero) is 1. The smallest absolute Gasteiger partial charge is 0.332 e. The number of carbonyl (C=O) groups excluding carboxylic acids is 1. The highest BCUT2D eigenvalue weighted by Gasteiger charge is 2.14. The lowest BCUT2D eigenvalue weighted by molar-refractivity contribution is -0.117. The topological polar surface area (TPSA) is 197 Å². The fraction of sp³-hybridized carbons (Fsp3) is 0.375. The second kappa shape index (κ2) is 16.6. The third-order valence-corrected chi connectivity index (χ3v) is 7.02. The summed E-state index contributed by atoms with van der Waals surface area (Å²) in [5.41, 5.74) is 12.3. The average Bonchev–Trinajstić information content (AvgIpc) is 3.41. The molecule has 0 unspecified atom stereocenters. The van der Waals surface area contributed by atoms with E-state index in [1.165, 1.54) is 22.4 Å². The van der Waals surface area contributed by atoms with E-state index in [-0.39, 0.29) is 28.7 Å². The van der Waals surface area contributed by atoms with Gasteiger partial charge in [-0.1, -0.05) is 0 Å². The molecule has 4 aromatic rings. The number of aryl methyl sites for hydroxylation is 2. The van der Waals surface area contributed by atoms with Gasteiger partial charge in [0.2, 0.25) is 0 Å². The summed E-state index contributed by atoms with van der Waals surface area (Å²) in [4.78, 5) is 39.4. The number of ketones is 1. The van der Waals surface area contributed by atoms with Crippen molar-refractivity contribution in [2.75, 3.05) is 13.2 Å². The van der Waals surface area contributed by atoms with Gasteiger partial charge in [-0.15, -0.1) is 0 Å². The summed E-state index contributed by atoms with van der Waals surface area (Å²) in [6.45, 7) is 3.15. The molecule has 0 fully saturated rings. The molecule has 0 radical (unpaired) electrons. The van der Waals surface area contributed by atoms with Crippen LogP contribution in [0.25, 0.3) is 11.2 Å². The number of hydrogen-bond donors (Lipinski definition) is 4. The van der Waals surface area contributed by atoms with Crippen molar-refractivity contribution < 1.29 is 14.3 Å². The van der Waals surface area contributed by atoms with E-state index in [0.717, 1.165) is 30.8 Å². The summed E-state index contributed by atoms with van der Waals surface area (Å²) in [5.74, 6) is 1.80. The summed E-state index contributed by atoms with van der Waals surface area (Å²) < 4.78 is 15.5. The van der Waals surface area contributed by atoms with Gasteiger partial charge in [0.05, 0.1) is 19.5 Å². The van der Waals surface area contributed by atoms with Crippen LogP contribution in [0.3, 0.4) is 0 Å². The van der Waals surface area contributed by atoms with Crippen molar-refractivity contribution in [2.24, 2.45) is 25.6 Å². The Hall–Kier alpha value is -5.20. The van der Waals surface area contributed by atoms with Crippen molar-refractivity contribution in [3.63, 3.8) is 0 Å². The van der Waals surface area contributed by atoms with Crippen molar-refractivity contribution in [1.29, 1.82) is 10.8 Å². The van der Waals surface area contributed by atoms with Gasteiger partial charge < -0.3 is 30.3 Å². The van der Waals surface area contributed by atoms with E-state index in [4.69, 9.17) is 31.8 Å². The van der Waals surface area contributed by atoms with Gasteiger partial charge in [-0.25, -0.2) is 9.78 Å². The number of rotatable bonds is 15. The Morgan fingerprint density at radius 2 is 1.31 bits per heavy atom. The van der Waals surface area contributed by atoms with Gasteiger partial charge in [-0.2, -0.15) is 0 Å². The molecule has 4 rings (SSSR count). The van der Waals surface area contributed by atoms with Gasteiger partial charge in [0, 0.05) is 38.2 Å². The Morgan fingerprint density at radius 3 is 1.78 bits per heavy atom. The summed E-state index contributed by atoms with van der Waals surface area (Å²) in [5, 5.41) is 14.7.